The first kappa shape index (κ1) is 21.8. The maximum absolute atomic E-state index is 13.6. The van der Waals surface area contributed by atoms with Crippen molar-refractivity contribution in [3.05, 3.63) is 120 Å². The van der Waals surface area contributed by atoms with Crippen molar-refractivity contribution >= 4 is 23.2 Å². The Kier molecular flexibility index (Phi) is 6.50. The molecule has 0 fully saturated rings. The van der Waals surface area contributed by atoms with E-state index in [1.165, 1.54) is 47.8 Å². The fraction of sp³-hybridized carbons (Fsp3) is 0.0769. The number of carbonyl (C=O) groups is 2. The highest BCUT2D eigenvalue weighted by Gasteiger charge is 2.34. The lowest BCUT2D eigenvalue weighted by Crippen LogP contribution is -2.42. The number of nitrogens with one attached hydrogen (secondary N) is 1. The van der Waals surface area contributed by atoms with E-state index < -0.39 is 23.7 Å². The summed E-state index contributed by atoms with van der Waals surface area (Å²) < 4.78 is 13.4. The second-order valence-corrected chi connectivity index (χ2v) is 7.41. The second kappa shape index (κ2) is 9.82. The first-order valence-corrected chi connectivity index (χ1v) is 10.3. The Labute approximate surface area is 190 Å². The molecule has 4 rings (SSSR count). The van der Waals surface area contributed by atoms with Gasteiger partial charge in [0.25, 0.3) is 11.8 Å². The number of aromatic nitrogens is 2. The first-order valence-electron chi connectivity index (χ1n) is 10.3. The standard InChI is InChI=1S/C26H21FN4O2/c1-18-7-9-19(10-8-18)24(25(32)30-21-13-11-20(27)12-14-21)31(22-5-3-2-4-6-22)26(33)23-17-28-15-16-29-23/h2-17,24H,1H3,(H,30,32)/t24-/m1/s1. The van der Waals surface area contributed by atoms with Gasteiger partial charge in [-0.2, -0.15) is 0 Å². The number of aryl methyl sites for hydroxylation is 1. The fourth-order valence-electron chi connectivity index (χ4n) is 3.42. The van der Waals surface area contributed by atoms with E-state index in [1.54, 1.807) is 24.3 Å². The molecule has 0 saturated carbocycles. The van der Waals surface area contributed by atoms with Gasteiger partial charge in [0.15, 0.2) is 0 Å². The number of hydrogen-bond acceptors (Lipinski definition) is 4. The average Bonchev–Trinajstić information content (AvgIpc) is 2.85. The van der Waals surface area contributed by atoms with Crippen LogP contribution in [-0.2, 0) is 4.79 Å². The Hall–Kier alpha value is -4.39. The number of para-hydroxylation sites is 1. The van der Waals surface area contributed by atoms with Gasteiger partial charge < -0.3 is 5.32 Å². The van der Waals surface area contributed by atoms with E-state index in [4.69, 9.17) is 0 Å². The molecule has 0 aliphatic heterocycles. The van der Waals surface area contributed by atoms with Gasteiger partial charge in [0.05, 0.1) is 6.20 Å². The highest BCUT2D eigenvalue weighted by molar-refractivity contribution is 6.11. The van der Waals surface area contributed by atoms with Gasteiger partial charge in [0.2, 0.25) is 0 Å². The van der Waals surface area contributed by atoms with Gasteiger partial charge in [0, 0.05) is 23.8 Å². The van der Waals surface area contributed by atoms with E-state index >= 15 is 0 Å². The molecule has 6 nitrogen and oxygen atoms in total. The van der Waals surface area contributed by atoms with Crippen LogP contribution in [-0.4, -0.2) is 21.8 Å². The van der Waals surface area contributed by atoms with E-state index in [1.807, 2.05) is 37.3 Å². The molecular formula is C26H21FN4O2. The van der Waals surface area contributed by atoms with Crippen molar-refractivity contribution in [3.63, 3.8) is 0 Å². The summed E-state index contributed by atoms with van der Waals surface area (Å²) in [6, 6.07) is 20.7. The summed E-state index contributed by atoms with van der Waals surface area (Å²) in [6.45, 7) is 1.94. The molecule has 1 aromatic heterocycles. The van der Waals surface area contributed by atoms with E-state index in [-0.39, 0.29) is 5.69 Å². The zero-order valence-electron chi connectivity index (χ0n) is 17.9. The molecule has 0 spiro atoms. The molecule has 0 aliphatic rings. The molecule has 0 unspecified atom stereocenters. The van der Waals surface area contributed by atoms with Crippen LogP contribution >= 0.6 is 0 Å². The second-order valence-electron chi connectivity index (χ2n) is 7.41. The highest BCUT2D eigenvalue weighted by atomic mass is 19.1. The van der Waals surface area contributed by atoms with Crippen LogP contribution in [0, 0.1) is 12.7 Å². The smallest absolute Gasteiger partial charge is 0.279 e. The molecule has 1 atom stereocenters. The maximum atomic E-state index is 13.6. The third-order valence-electron chi connectivity index (χ3n) is 5.05. The van der Waals surface area contributed by atoms with E-state index in [0.29, 0.717) is 16.9 Å². The molecule has 1 heterocycles. The summed E-state index contributed by atoms with van der Waals surface area (Å²) in [5.74, 6) is -1.34. The fourth-order valence-corrected chi connectivity index (χ4v) is 3.42. The van der Waals surface area contributed by atoms with Crippen molar-refractivity contribution < 1.29 is 14.0 Å². The predicted octanol–water partition coefficient (Wildman–Crippen LogP) is 4.95. The van der Waals surface area contributed by atoms with Gasteiger partial charge in [-0.3, -0.25) is 19.5 Å². The molecular weight excluding hydrogens is 419 g/mol. The van der Waals surface area contributed by atoms with Crippen LogP contribution in [0.1, 0.15) is 27.7 Å². The van der Waals surface area contributed by atoms with E-state index in [9.17, 15) is 14.0 Å². The first-order chi connectivity index (χ1) is 16.0. The summed E-state index contributed by atoms with van der Waals surface area (Å²) in [5, 5.41) is 2.80. The Bertz CT molecular complexity index is 1230. The normalized spacial score (nSPS) is 11.5. The third-order valence-corrected chi connectivity index (χ3v) is 5.05. The summed E-state index contributed by atoms with van der Waals surface area (Å²) in [5.41, 5.74) is 2.67. The molecule has 0 saturated heterocycles. The average molecular weight is 440 g/mol. The number of anilines is 2. The molecule has 3 aromatic carbocycles. The van der Waals surface area contributed by atoms with Gasteiger partial charge in [-0.1, -0.05) is 48.0 Å². The van der Waals surface area contributed by atoms with Crippen molar-refractivity contribution in [2.24, 2.45) is 0 Å². The Morgan fingerprint density at radius 1 is 0.909 bits per heavy atom. The van der Waals surface area contributed by atoms with Crippen molar-refractivity contribution in [1.82, 2.24) is 9.97 Å². The van der Waals surface area contributed by atoms with E-state index in [0.717, 1.165) is 5.56 Å². The minimum absolute atomic E-state index is 0.105. The summed E-state index contributed by atoms with van der Waals surface area (Å²) in [4.78, 5) is 36.8. The maximum Gasteiger partial charge on any atom is 0.279 e. The molecule has 0 bridgehead atoms. The summed E-state index contributed by atoms with van der Waals surface area (Å²) in [7, 11) is 0. The predicted molar refractivity (Wildman–Crippen MR) is 124 cm³/mol. The zero-order chi connectivity index (χ0) is 23.2. The van der Waals surface area contributed by atoms with Crippen LogP contribution in [0.2, 0.25) is 0 Å². The number of halogens is 1. The van der Waals surface area contributed by atoms with E-state index in [2.05, 4.69) is 15.3 Å². The van der Waals surface area contributed by atoms with Crippen molar-refractivity contribution in [3.8, 4) is 0 Å². The number of hydrogen-bond donors (Lipinski definition) is 1. The molecule has 33 heavy (non-hydrogen) atoms. The van der Waals surface area contributed by atoms with Crippen molar-refractivity contribution in [1.29, 1.82) is 0 Å². The number of carbonyl (C=O) groups excluding carboxylic acids is 2. The lowest BCUT2D eigenvalue weighted by molar-refractivity contribution is -0.117. The lowest BCUT2D eigenvalue weighted by Gasteiger charge is -2.31. The van der Waals surface area contributed by atoms with Crippen LogP contribution in [0.3, 0.4) is 0 Å². The highest BCUT2D eigenvalue weighted by Crippen LogP contribution is 2.30. The van der Waals surface area contributed by atoms with Gasteiger partial charge in [0.1, 0.15) is 17.6 Å². The molecule has 164 valence electrons. The SMILES string of the molecule is Cc1ccc([C@H](C(=O)Nc2ccc(F)cc2)N(C(=O)c2cnccn2)c2ccccc2)cc1. The van der Waals surface area contributed by atoms with Crippen LogP contribution in [0.4, 0.5) is 15.8 Å². The van der Waals surface area contributed by atoms with Gasteiger partial charge in [-0.15, -0.1) is 0 Å². The van der Waals surface area contributed by atoms with Gasteiger partial charge in [-0.05, 0) is 48.9 Å². The molecule has 7 heteroatoms. The van der Waals surface area contributed by atoms with Crippen LogP contribution < -0.4 is 10.2 Å². The van der Waals surface area contributed by atoms with Crippen molar-refractivity contribution in [2.45, 2.75) is 13.0 Å². The number of amides is 2. The van der Waals surface area contributed by atoms with Crippen LogP contribution in [0.5, 0.6) is 0 Å². The lowest BCUT2D eigenvalue weighted by atomic mass is 10.0. The minimum atomic E-state index is -1.02. The molecule has 2 amide bonds. The summed E-state index contributed by atoms with van der Waals surface area (Å²) >= 11 is 0. The number of nitrogens with zero attached hydrogens (tertiary/aromatic N) is 3. The largest absolute Gasteiger partial charge is 0.324 e. The monoisotopic (exact) mass is 440 g/mol. The Balaban J connectivity index is 1.82. The Morgan fingerprint density at radius 3 is 2.24 bits per heavy atom. The Morgan fingerprint density at radius 2 is 1.61 bits per heavy atom. The number of benzene rings is 3. The van der Waals surface area contributed by atoms with Gasteiger partial charge >= 0.3 is 0 Å². The van der Waals surface area contributed by atoms with Crippen LogP contribution in [0.25, 0.3) is 0 Å². The number of rotatable bonds is 6. The summed E-state index contributed by atoms with van der Waals surface area (Å²) in [6.07, 6.45) is 4.26. The third kappa shape index (κ3) is 5.10. The van der Waals surface area contributed by atoms with Crippen molar-refractivity contribution in [2.75, 3.05) is 10.2 Å². The topological polar surface area (TPSA) is 75.2 Å². The minimum Gasteiger partial charge on any atom is -0.324 e. The quantitative estimate of drug-likeness (QED) is 0.460. The van der Waals surface area contributed by atoms with Crippen LogP contribution in [0.15, 0.2) is 97.5 Å². The molecule has 1 N–H and O–H groups in total. The zero-order valence-corrected chi connectivity index (χ0v) is 17.9. The molecule has 0 radical (unpaired) electrons. The molecule has 0 aliphatic carbocycles. The molecule has 4 aromatic rings. The van der Waals surface area contributed by atoms with Gasteiger partial charge in [-0.25, -0.2) is 9.37 Å².